The smallest absolute Gasteiger partial charge is 0.364 e. The third-order valence-corrected chi connectivity index (χ3v) is 1.87. The van der Waals surface area contributed by atoms with Crippen LogP contribution in [0.1, 0.15) is 5.56 Å². The molecule has 1 rings (SSSR count). The molecule has 1 aromatic carbocycles. The van der Waals surface area contributed by atoms with Crippen molar-refractivity contribution >= 4 is 12.0 Å². The van der Waals surface area contributed by atoms with E-state index < -0.39 is 11.8 Å². The van der Waals surface area contributed by atoms with Crippen LogP contribution >= 0.6 is 0 Å². The second kappa shape index (κ2) is 5.16. The van der Waals surface area contributed by atoms with Crippen LogP contribution in [-0.2, 0) is 4.79 Å². The molecule has 1 aromatic rings. The topological polar surface area (TPSA) is 55.8 Å². The van der Waals surface area contributed by atoms with E-state index in [0.29, 0.717) is 17.1 Å². The van der Waals surface area contributed by atoms with Gasteiger partial charge in [0, 0.05) is 6.07 Å². The molecule has 0 aliphatic carbocycles. The lowest BCUT2D eigenvalue weighted by Gasteiger charge is -2.05. The van der Waals surface area contributed by atoms with E-state index in [4.69, 9.17) is 14.6 Å². The van der Waals surface area contributed by atoms with Gasteiger partial charge in [-0.25, -0.2) is 4.79 Å². The number of ether oxygens (including phenoxy) is 2. The first kappa shape index (κ1) is 12.0. The first-order chi connectivity index (χ1) is 7.56. The Bertz CT molecular complexity index is 404. The molecule has 16 heavy (non-hydrogen) atoms. The van der Waals surface area contributed by atoms with E-state index in [1.54, 1.807) is 6.07 Å². The average molecular weight is 226 g/mol. The Morgan fingerprint density at radius 3 is 2.12 bits per heavy atom. The fourth-order valence-corrected chi connectivity index (χ4v) is 1.12. The predicted molar refractivity (Wildman–Crippen MR) is 56.3 cm³/mol. The molecular weight excluding hydrogens is 215 g/mol. The fourth-order valence-electron chi connectivity index (χ4n) is 1.12. The van der Waals surface area contributed by atoms with Crippen LogP contribution in [0.4, 0.5) is 4.39 Å². The average Bonchev–Trinajstić information content (AvgIpc) is 2.28. The van der Waals surface area contributed by atoms with Gasteiger partial charge in [0.25, 0.3) is 0 Å². The zero-order valence-corrected chi connectivity index (χ0v) is 8.86. The van der Waals surface area contributed by atoms with Gasteiger partial charge in [-0.2, -0.15) is 4.39 Å². The van der Waals surface area contributed by atoms with Gasteiger partial charge in [0.2, 0.25) is 5.83 Å². The molecule has 0 saturated heterocycles. The number of aliphatic carboxylic acids is 1. The summed E-state index contributed by atoms with van der Waals surface area (Å²) < 4.78 is 22.8. The lowest BCUT2D eigenvalue weighted by atomic mass is 10.2. The van der Waals surface area contributed by atoms with Crippen LogP contribution in [0.5, 0.6) is 11.5 Å². The monoisotopic (exact) mass is 226 g/mol. The summed E-state index contributed by atoms with van der Waals surface area (Å²) in [5.74, 6) is -1.93. The second-order valence-electron chi connectivity index (χ2n) is 2.94. The molecule has 0 amide bonds. The van der Waals surface area contributed by atoms with Crippen LogP contribution in [0.15, 0.2) is 24.0 Å². The van der Waals surface area contributed by atoms with Crippen LogP contribution < -0.4 is 9.47 Å². The summed E-state index contributed by atoms with van der Waals surface area (Å²) in [6, 6.07) is 4.62. The van der Waals surface area contributed by atoms with Gasteiger partial charge < -0.3 is 14.6 Å². The lowest BCUT2D eigenvalue weighted by Crippen LogP contribution is -1.94. The van der Waals surface area contributed by atoms with Crippen LogP contribution in [-0.4, -0.2) is 25.3 Å². The fraction of sp³-hybridized carbons (Fsp3) is 0.182. The van der Waals surface area contributed by atoms with Crippen LogP contribution in [0.3, 0.4) is 0 Å². The minimum Gasteiger partial charge on any atom is -0.497 e. The summed E-state index contributed by atoms with van der Waals surface area (Å²) in [6.45, 7) is 0. The van der Waals surface area contributed by atoms with Gasteiger partial charge in [0.05, 0.1) is 14.2 Å². The molecular formula is C11H11FO4. The van der Waals surface area contributed by atoms with Crippen molar-refractivity contribution in [1.82, 2.24) is 0 Å². The van der Waals surface area contributed by atoms with Crippen molar-refractivity contribution < 1.29 is 23.8 Å². The van der Waals surface area contributed by atoms with Crippen molar-refractivity contribution in [1.29, 1.82) is 0 Å². The highest BCUT2D eigenvalue weighted by Gasteiger charge is 2.06. The van der Waals surface area contributed by atoms with Gasteiger partial charge in [-0.1, -0.05) is 0 Å². The molecule has 0 aromatic heterocycles. The standard InChI is InChI=1S/C11H11FO4/c1-15-8-3-7(4-9(6-8)16-2)5-10(12)11(13)14/h3-6H,1-2H3,(H,13,14). The summed E-state index contributed by atoms with van der Waals surface area (Å²) in [5.41, 5.74) is 0.358. The van der Waals surface area contributed by atoms with E-state index in [-0.39, 0.29) is 0 Å². The highest BCUT2D eigenvalue weighted by atomic mass is 19.1. The molecule has 4 nitrogen and oxygen atoms in total. The molecule has 0 radical (unpaired) electrons. The Labute approximate surface area is 91.9 Å². The summed E-state index contributed by atoms with van der Waals surface area (Å²) in [7, 11) is 2.91. The van der Waals surface area contributed by atoms with Crippen LogP contribution in [0.2, 0.25) is 0 Å². The first-order valence-electron chi connectivity index (χ1n) is 4.40. The molecule has 0 heterocycles. The summed E-state index contributed by atoms with van der Waals surface area (Å²) in [5, 5.41) is 8.39. The van der Waals surface area contributed by atoms with E-state index in [9.17, 15) is 9.18 Å². The Hall–Kier alpha value is -2.04. The number of halogens is 1. The molecule has 0 aliphatic heterocycles. The molecule has 0 bridgehead atoms. The Balaban J connectivity index is 3.13. The highest BCUT2D eigenvalue weighted by molar-refractivity contribution is 5.89. The largest absolute Gasteiger partial charge is 0.497 e. The number of hydrogen-bond donors (Lipinski definition) is 1. The second-order valence-corrected chi connectivity index (χ2v) is 2.94. The third kappa shape index (κ3) is 2.98. The normalized spacial score (nSPS) is 11.1. The maximum absolute atomic E-state index is 12.9. The number of carboxylic acid groups (broad SMARTS) is 1. The summed E-state index contributed by atoms with van der Waals surface area (Å²) in [6.07, 6.45) is 0.896. The Kier molecular flexibility index (Phi) is 3.88. The van der Waals surface area contributed by atoms with Crippen LogP contribution in [0.25, 0.3) is 6.08 Å². The van der Waals surface area contributed by atoms with Gasteiger partial charge in [-0.15, -0.1) is 0 Å². The molecule has 0 spiro atoms. The molecule has 0 saturated carbocycles. The maximum Gasteiger partial charge on any atom is 0.364 e. The van der Waals surface area contributed by atoms with Crippen LogP contribution in [0, 0.1) is 0 Å². The quantitative estimate of drug-likeness (QED) is 0.799. The van der Waals surface area contributed by atoms with E-state index in [1.807, 2.05) is 0 Å². The van der Waals surface area contributed by atoms with Gasteiger partial charge in [0.1, 0.15) is 11.5 Å². The molecule has 0 fully saturated rings. The van der Waals surface area contributed by atoms with Crippen molar-refractivity contribution in [3.8, 4) is 11.5 Å². The van der Waals surface area contributed by atoms with Gasteiger partial charge >= 0.3 is 5.97 Å². The summed E-state index contributed by atoms with van der Waals surface area (Å²) in [4.78, 5) is 10.3. The molecule has 0 aliphatic rings. The molecule has 0 unspecified atom stereocenters. The van der Waals surface area contributed by atoms with Gasteiger partial charge in [-0.05, 0) is 23.8 Å². The van der Waals surface area contributed by atoms with Gasteiger partial charge in [-0.3, -0.25) is 0 Å². The van der Waals surface area contributed by atoms with Crippen molar-refractivity contribution in [3.63, 3.8) is 0 Å². The minimum absolute atomic E-state index is 0.358. The SMILES string of the molecule is COc1cc(C=C(F)C(=O)O)cc(OC)c1. The Morgan fingerprint density at radius 2 is 1.75 bits per heavy atom. The molecule has 1 N–H and O–H groups in total. The van der Waals surface area contributed by atoms with Crippen molar-refractivity contribution in [3.05, 3.63) is 29.6 Å². The van der Waals surface area contributed by atoms with E-state index in [0.717, 1.165) is 6.08 Å². The number of rotatable bonds is 4. The maximum atomic E-state index is 12.9. The lowest BCUT2D eigenvalue weighted by molar-refractivity contribution is -0.134. The molecule has 5 heteroatoms. The van der Waals surface area contributed by atoms with Crippen molar-refractivity contribution in [2.75, 3.05) is 14.2 Å². The Morgan fingerprint density at radius 1 is 1.25 bits per heavy atom. The first-order valence-corrected chi connectivity index (χ1v) is 4.40. The van der Waals surface area contributed by atoms with E-state index >= 15 is 0 Å². The van der Waals surface area contributed by atoms with E-state index in [2.05, 4.69) is 0 Å². The highest BCUT2D eigenvalue weighted by Crippen LogP contribution is 2.24. The number of carboxylic acids is 1. The minimum atomic E-state index is -1.61. The van der Waals surface area contributed by atoms with Crippen molar-refractivity contribution in [2.45, 2.75) is 0 Å². The number of benzene rings is 1. The van der Waals surface area contributed by atoms with Crippen molar-refractivity contribution in [2.24, 2.45) is 0 Å². The molecule has 0 atom stereocenters. The summed E-state index contributed by atoms with van der Waals surface area (Å²) >= 11 is 0. The number of hydrogen-bond acceptors (Lipinski definition) is 3. The third-order valence-electron chi connectivity index (χ3n) is 1.87. The zero-order chi connectivity index (χ0) is 12.1. The predicted octanol–water partition coefficient (Wildman–Crippen LogP) is 2.10. The molecule has 86 valence electrons. The van der Waals surface area contributed by atoms with E-state index in [1.165, 1.54) is 26.4 Å². The zero-order valence-electron chi connectivity index (χ0n) is 8.86. The number of carbonyl (C=O) groups is 1. The van der Waals surface area contributed by atoms with Gasteiger partial charge in [0.15, 0.2) is 0 Å². The number of methoxy groups -OCH3 is 2.